The van der Waals surface area contributed by atoms with Crippen LogP contribution in [-0.4, -0.2) is 61.2 Å². The van der Waals surface area contributed by atoms with Gasteiger partial charge in [-0.25, -0.2) is 4.98 Å². The van der Waals surface area contributed by atoms with E-state index in [9.17, 15) is 4.79 Å². The molecule has 0 saturated carbocycles. The van der Waals surface area contributed by atoms with Crippen molar-refractivity contribution in [3.8, 4) is 0 Å². The normalized spacial score (nSPS) is 19.7. The monoisotopic (exact) mass is 366 g/mol. The number of hydrogen-bond acceptors (Lipinski definition) is 5. The maximum atomic E-state index is 12.6. The van der Waals surface area contributed by atoms with Gasteiger partial charge in [-0.2, -0.15) is 0 Å². The maximum absolute atomic E-state index is 12.6. The highest BCUT2D eigenvalue weighted by Crippen LogP contribution is 2.37. The summed E-state index contributed by atoms with van der Waals surface area (Å²) < 4.78 is 5.35. The van der Waals surface area contributed by atoms with Gasteiger partial charge in [-0.3, -0.25) is 9.69 Å². The van der Waals surface area contributed by atoms with Crippen LogP contribution >= 0.6 is 0 Å². The molecule has 6 nitrogen and oxygen atoms in total. The van der Waals surface area contributed by atoms with Gasteiger partial charge in [0.2, 0.25) is 0 Å². The van der Waals surface area contributed by atoms with Gasteiger partial charge in [0, 0.05) is 49.7 Å². The van der Waals surface area contributed by atoms with Crippen molar-refractivity contribution in [2.45, 2.75) is 19.4 Å². The molecule has 1 amide bonds. The van der Waals surface area contributed by atoms with Crippen molar-refractivity contribution in [2.75, 3.05) is 44.3 Å². The zero-order valence-electron chi connectivity index (χ0n) is 15.7. The Labute approximate surface area is 160 Å². The fourth-order valence-corrected chi connectivity index (χ4v) is 3.86. The van der Waals surface area contributed by atoms with Crippen LogP contribution in [0.5, 0.6) is 0 Å². The van der Waals surface area contributed by atoms with Gasteiger partial charge < -0.3 is 15.0 Å². The van der Waals surface area contributed by atoms with E-state index in [1.807, 2.05) is 12.1 Å². The number of pyridine rings is 1. The summed E-state index contributed by atoms with van der Waals surface area (Å²) in [6.45, 7) is 7.09. The van der Waals surface area contributed by atoms with Crippen LogP contribution in [0.4, 0.5) is 11.5 Å². The molecule has 0 aliphatic carbocycles. The number of carbonyl (C=O) groups excluding carboxylic acids is 1. The number of benzene rings is 1. The SMILES string of the molecule is CC1Cc2ccccc2N1c1cc(C(=O)NCCN2CCOCC2)ccn1. The van der Waals surface area contributed by atoms with Crippen LogP contribution in [-0.2, 0) is 11.2 Å². The third kappa shape index (κ3) is 3.96. The van der Waals surface area contributed by atoms with Gasteiger partial charge in [-0.1, -0.05) is 18.2 Å². The minimum Gasteiger partial charge on any atom is -0.379 e. The number of fused-ring (bicyclic) bond motifs is 1. The second-order valence-electron chi connectivity index (χ2n) is 7.16. The summed E-state index contributed by atoms with van der Waals surface area (Å²) in [5.41, 5.74) is 3.16. The molecule has 1 fully saturated rings. The third-order valence-electron chi connectivity index (χ3n) is 5.28. The smallest absolute Gasteiger partial charge is 0.251 e. The quantitative estimate of drug-likeness (QED) is 0.879. The molecule has 2 aliphatic rings. The first-order valence-electron chi connectivity index (χ1n) is 9.64. The lowest BCUT2D eigenvalue weighted by Crippen LogP contribution is -2.41. The van der Waals surface area contributed by atoms with Gasteiger partial charge >= 0.3 is 0 Å². The molecule has 4 rings (SSSR count). The van der Waals surface area contributed by atoms with E-state index in [1.54, 1.807) is 12.3 Å². The Kier molecular flexibility index (Phi) is 5.36. The van der Waals surface area contributed by atoms with E-state index in [0.717, 1.165) is 45.1 Å². The summed E-state index contributed by atoms with van der Waals surface area (Å²) >= 11 is 0. The number of para-hydroxylation sites is 1. The molecule has 1 saturated heterocycles. The van der Waals surface area contributed by atoms with E-state index >= 15 is 0 Å². The number of hydrogen-bond donors (Lipinski definition) is 1. The van der Waals surface area contributed by atoms with E-state index in [-0.39, 0.29) is 5.91 Å². The van der Waals surface area contributed by atoms with Gasteiger partial charge in [0.1, 0.15) is 5.82 Å². The van der Waals surface area contributed by atoms with E-state index in [1.165, 1.54) is 11.3 Å². The molecule has 6 heteroatoms. The standard InChI is InChI=1S/C21H26N4O2/c1-16-14-17-4-2-3-5-19(17)25(16)20-15-18(6-7-22-20)21(26)23-8-9-24-10-12-27-13-11-24/h2-7,15-16H,8-14H2,1H3,(H,23,26). The largest absolute Gasteiger partial charge is 0.379 e. The molecule has 2 aliphatic heterocycles. The molecule has 142 valence electrons. The topological polar surface area (TPSA) is 57.7 Å². The first-order chi connectivity index (χ1) is 13.2. The number of amides is 1. The van der Waals surface area contributed by atoms with Gasteiger partial charge in [0.25, 0.3) is 5.91 Å². The van der Waals surface area contributed by atoms with E-state index in [0.29, 0.717) is 18.2 Å². The highest BCUT2D eigenvalue weighted by Gasteiger charge is 2.28. The third-order valence-corrected chi connectivity index (χ3v) is 5.28. The van der Waals surface area contributed by atoms with Crippen molar-refractivity contribution in [1.29, 1.82) is 0 Å². The van der Waals surface area contributed by atoms with Crippen molar-refractivity contribution in [1.82, 2.24) is 15.2 Å². The average Bonchev–Trinajstić information content (AvgIpc) is 3.04. The van der Waals surface area contributed by atoms with Crippen LogP contribution in [0.15, 0.2) is 42.6 Å². The zero-order valence-corrected chi connectivity index (χ0v) is 15.7. The molecule has 1 N–H and O–H groups in total. The molecule has 2 aromatic rings. The summed E-state index contributed by atoms with van der Waals surface area (Å²) in [6.07, 6.45) is 2.72. The van der Waals surface area contributed by atoms with Gasteiger partial charge in [-0.15, -0.1) is 0 Å². The first-order valence-corrected chi connectivity index (χ1v) is 9.64. The zero-order chi connectivity index (χ0) is 18.6. The molecule has 0 radical (unpaired) electrons. The second kappa shape index (κ2) is 8.06. The fourth-order valence-electron chi connectivity index (χ4n) is 3.86. The van der Waals surface area contributed by atoms with Gasteiger partial charge in [-0.05, 0) is 37.1 Å². The Balaban J connectivity index is 1.42. The van der Waals surface area contributed by atoms with Crippen molar-refractivity contribution in [2.24, 2.45) is 0 Å². The summed E-state index contributed by atoms with van der Waals surface area (Å²) in [7, 11) is 0. The molecule has 1 aromatic carbocycles. The molecule has 0 bridgehead atoms. The van der Waals surface area contributed by atoms with Crippen molar-refractivity contribution in [3.05, 3.63) is 53.7 Å². The van der Waals surface area contributed by atoms with E-state index in [4.69, 9.17) is 4.74 Å². The Morgan fingerprint density at radius 2 is 2.07 bits per heavy atom. The number of ether oxygens (including phenoxy) is 1. The lowest BCUT2D eigenvalue weighted by molar-refractivity contribution is 0.0383. The number of nitrogens with one attached hydrogen (secondary N) is 1. The molecular formula is C21H26N4O2. The van der Waals surface area contributed by atoms with Crippen LogP contribution < -0.4 is 10.2 Å². The summed E-state index contributed by atoms with van der Waals surface area (Å²) in [6, 6.07) is 12.4. The number of carbonyl (C=O) groups is 1. The van der Waals surface area contributed by atoms with Gasteiger partial charge in [0.05, 0.1) is 13.2 Å². The Hall–Kier alpha value is -2.44. The molecule has 1 aromatic heterocycles. The van der Waals surface area contributed by atoms with Crippen LogP contribution in [0.2, 0.25) is 0 Å². The molecule has 27 heavy (non-hydrogen) atoms. The molecule has 1 unspecified atom stereocenters. The van der Waals surface area contributed by atoms with Gasteiger partial charge in [0.15, 0.2) is 0 Å². The molecule has 3 heterocycles. The van der Waals surface area contributed by atoms with Crippen LogP contribution in [0, 0.1) is 0 Å². The van der Waals surface area contributed by atoms with Crippen molar-refractivity contribution in [3.63, 3.8) is 0 Å². The summed E-state index contributed by atoms with van der Waals surface area (Å²) in [5, 5.41) is 3.03. The number of nitrogens with zero attached hydrogens (tertiary/aromatic N) is 3. The predicted molar refractivity (Wildman–Crippen MR) is 106 cm³/mol. The van der Waals surface area contributed by atoms with E-state index in [2.05, 4.69) is 45.2 Å². The lowest BCUT2D eigenvalue weighted by atomic mass is 10.1. The van der Waals surface area contributed by atoms with Crippen molar-refractivity contribution < 1.29 is 9.53 Å². The Morgan fingerprint density at radius 1 is 1.26 bits per heavy atom. The fraction of sp³-hybridized carbons (Fsp3) is 0.429. The molecular weight excluding hydrogens is 340 g/mol. The number of morpholine rings is 1. The minimum absolute atomic E-state index is 0.0490. The van der Waals surface area contributed by atoms with Crippen LogP contribution in [0.3, 0.4) is 0 Å². The Morgan fingerprint density at radius 3 is 2.93 bits per heavy atom. The second-order valence-corrected chi connectivity index (χ2v) is 7.16. The summed E-state index contributed by atoms with van der Waals surface area (Å²) in [5.74, 6) is 0.778. The highest BCUT2D eigenvalue weighted by molar-refractivity contribution is 5.95. The number of aromatic nitrogens is 1. The number of rotatable bonds is 5. The highest BCUT2D eigenvalue weighted by atomic mass is 16.5. The lowest BCUT2D eigenvalue weighted by Gasteiger charge is -2.26. The number of anilines is 2. The predicted octanol–water partition coefficient (Wildman–Crippen LogP) is 2.23. The average molecular weight is 366 g/mol. The molecule has 1 atom stereocenters. The first kappa shape index (κ1) is 17.9. The van der Waals surface area contributed by atoms with E-state index < -0.39 is 0 Å². The van der Waals surface area contributed by atoms with Crippen molar-refractivity contribution >= 4 is 17.4 Å². The maximum Gasteiger partial charge on any atom is 0.251 e. The minimum atomic E-state index is -0.0490. The Bertz CT molecular complexity index is 804. The van der Waals surface area contributed by atoms with Crippen LogP contribution in [0.1, 0.15) is 22.8 Å². The molecule has 0 spiro atoms. The summed E-state index contributed by atoms with van der Waals surface area (Å²) in [4.78, 5) is 21.6. The van der Waals surface area contributed by atoms with Crippen LogP contribution in [0.25, 0.3) is 0 Å².